The summed E-state index contributed by atoms with van der Waals surface area (Å²) in [5, 5.41) is 0. The lowest BCUT2D eigenvalue weighted by atomic mass is 9.96. The third-order valence-electron chi connectivity index (χ3n) is 6.29. The van der Waals surface area contributed by atoms with Gasteiger partial charge in [-0.3, -0.25) is 19.1 Å². The summed E-state index contributed by atoms with van der Waals surface area (Å²) < 4.78 is 1.42. The lowest BCUT2D eigenvalue weighted by Gasteiger charge is -2.39. The number of carbonyl (C=O) groups excluding carboxylic acids is 1. The zero-order valence-corrected chi connectivity index (χ0v) is 19.3. The molecule has 1 aliphatic rings. The molecule has 0 atom stereocenters. The average molecular weight is 445 g/mol. The van der Waals surface area contributed by atoms with Crippen molar-refractivity contribution < 1.29 is 4.79 Å². The molecule has 2 heterocycles. The monoisotopic (exact) mass is 444 g/mol. The van der Waals surface area contributed by atoms with Gasteiger partial charge in [-0.05, 0) is 24.0 Å². The maximum absolute atomic E-state index is 12.9. The van der Waals surface area contributed by atoms with Crippen LogP contribution >= 0.6 is 0 Å². The third kappa shape index (κ3) is 5.76. The molecule has 0 radical (unpaired) electrons. The Labute approximate surface area is 195 Å². The lowest BCUT2D eigenvalue weighted by Crippen LogP contribution is -2.51. The van der Waals surface area contributed by atoms with Crippen molar-refractivity contribution in [3.63, 3.8) is 0 Å². The van der Waals surface area contributed by atoms with E-state index in [1.807, 2.05) is 17.0 Å². The van der Waals surface area contributed by atoms with Gasteiger partial charge in [0.2, 0.25) is 5.91 Å². The highest BCUT2D eigenvalue weighted by atomic mass is 16.2. The van der Waals surface area contributed by atoms with E-state index in [2.05, 4.69) is 65.3 Å². The molecule has 0 N–H and O–H groups in total. The van der Waals surface area contributed by atoms with Crippen LogP contribution in [0.3, 0.4) is 0 Å². The number of amides is 1. The number of rotatable bonds is 8. The van der Waals surface area contributed by atoms with Gasteiger partial charge in [0, 0.05) is 37.9 Å². The number of hydrogen-bond donors (Lipinski definition) is 0. The number of piperazine rings is 1. The number of hydrogen-bond acceptors (Lipinski definition) is 4. The zero-order chi connectivity index (χ0) is 23.0. The van der Waals surface area contributed by atoms with E-state index < -0.39 is 0 Å². The first kappa shape index (κ1) is 22.9. The second kappa shape index (κ2) is 11.1. The second-order valence-corrected chi connectivity index (χ2v) is 8.59. The maximum Gasteiger partial charge on any atom is 0.253 e. The minimum Gasteiger partial charge on any atom is -0.339 e. The van der Waals surface area contributed by atoms with Crippen LogP contribution in [0.4, 0.5) is 0 Å². The molecule has 1 amide bonds. The molecule has 2 aromatic carbocycles. The molecule has 0 unspecified atom stereocenters. The molecule has 0 saturated carbocycles. The molecule has 1 aromatic heterocycles. The molecule has 6 heteroatoms. The van der Waals surface area contributed by atoms with Gasteiger partial charge in [0.05, 0.1) is 12.4 Å². The van der Waals surface area contributed by atoms with Gasteiger partial charge in [-0.1, -0.05) is 74.0 Å². The number of unbranched alkanes of at least 4 members (excludes halogenated alkanes) is 1. The molecule has 1 fully saturated rings. The van der Waals surface area contributed by atoms with Crippen LogP contribution in [0, 0.1) is 0 Å². The van der Waals surface area contributed by atoms with Crippen LogP contribution in [0.15, 0.2) is 77.9 Å². The van der Waals surface area contributed by atoms with Crippen LogP contribution in [0.1, 0.15) is 42.6 Å². The van der Waals surface area contributed by atoms with Crippen LogP contribution in [-0.2, 0) is 17.8 Å². The number of nitrogens with zero attached hydrogens (tertiary/aromatic N) is 4. The minimum atomic E-state index is -0.156. The van der Waals surface area contributed by atoms with Crippen LogP contribution < -0.4 is 5.56 Å². The Hall–Kier alpha value is -3.25. The smallest absolute Gasteiger partial charge is 0.253 e. The first-order valence-corrected chi connectivity index (χ1v) is 11.8. The predicted molar refractivity (Wildman–Crippen MR) is 130 cm³/mol. The van der Waals surface area contributed by atoms with Gasteiger partial charge in [-0.15, -0.1) is 0 Å². The zero-order valence-electron chi connectivity index (χ0n) is 19.3. The molecule has 1 aliphatic heterocycles. The van der Waals surface area contributed by atoms with Crippen LogP contribution in [0.5, 0.6) is 0 Å². The lowest BCUT2D eigenvalue weighted by molar-refractivity contribution is -0.133. The van der Waals surface area contributed by atoms with Crippen molar-refractivity contribution >= 4 is 5.91 Å². The normalized spacial score (nSPS) is 14.5. The van der Waals surface area contributed by atoms with E-state index in [4.69, 9.17) is 0 Å². The summed E-state index contributed by atoms with van der Waals surface area (Å²) in [5.41, 5.74) is 3.15. The Morgan fingerprint density at radius 1 is 0.939 bits per heavy atom. The summed E-state index contributed by atoms with van der Waals surface area (Å²) in [4.78, 5) is 34.0. The molecule has 4 rings (SSSR count). The van der Waals surface area contributed by atoms with Gasteiger partial charge in [0.25, 0.3) is 5.56 Å². The Bertz CT molecular complexity index is 1050. The Kier molecular flexibility index (Phi) is 7.68. The average Bonchev–Trinajstić information content (AvgIpc) is 2.86. The fourth-order valence-electron chi connectivity index (χ4n) is 4.44. The maximum atomic E-state index is 12.9. The molecule has 172 valence electrons. The topological polar surface area (TPSA) is 58.4 Å². The molecule has 0 bridgehead atoms. The SMILES string of the molecule is CCCCc1cc(=O)n(CC(=O)N2CCN(C(c3ccccc3)c3ccccc3)CC2)cn1. The van der Waals surface area contributed by atoms with Crippen LogP contribution in [0.25, 0.3) is 0 Å². The van der Waals surface area contributed by atoms with Crippen molar-refractivity contribution in [2.24, 2.45) is 0 Å². The van der Waals surface area contributed by atoms with Crippen molar-refractivity contribution in [3.05, 3.63) is 100 Å². The highest BCUT2D eigenvalue weighted by Gasteiger charge is 2.28. The molecule has 1 saturated heterocycles. The number of aromatic nitrogens is 2. The van der Waals surface area contributed by atoms with Gasteiger partial charge < -0.3 is 4.90 Å². The standard InChI is InChI=1S/C27H32N4O2/c1-2-3-14-24-19-25(32)31(21-28-24)20-26(33)29-15-17-30(18-16-29)27(22-10-6-4-7-11-22)23-12-8-5-9-13-23/h4-13,19,21,27H,2-3,14-18,20H2,1H3. The van der Waals surface area contributed by atoms with Crippen LogP contribution in [-0.4, -0.2) is 51.4 Å². The predicted octanol–water partition coefficient (Wildman–Crippen LogP) is 3.52. The fourth-order valence-corrected chi connectivity index (χ4v) is 4.44. The van der Waals surface area contributed by atoms with Gasteiger partial charge in [0.1, 0.15) is 6.54 Å². The highest BCUT2D eigenvalue weighted by Crippen LogP contribution is 2.29. The molecule has 3 aromatic rings. The quantitative estimate of drug-likeness (QED) is 0.533. The van der Waals surface area contributed by atoms with Crippen LogP contribution in [0.2, 0.25) is 0 Å². The molecular formula is C27H32N4O2. The summed E-state index contributed by atoms with van der Waals surface area (Å²) in [6, 6.07) is 22.8. The van der Waals surface area contributed by atoms with Gasteiger partial charge in [-0.2, -0.15) is 0 Å². The van der Waals surface area contributed by atoms with Crippen molar-refractivity contribution in [3.8, 4) is 0 Å². The van der Waals surface area contributed by atoms with E-state index in [0.717, 1.165) is 38.0 Å². The summed E-state index contributed by atoms with van der Waals surface area (Å²) in [5.74, 6) is -0.0316. The van der Waals surface area contributed by atoms with E-state index in [1.165, 1.54) is 22.0 Å². The van der Waals surface area contributed by atoms with Gasteiger partial charge in [-0.25, -0.2) is 4.98 Å². The summed E-state index contributed by atoms with van der Waals surface area (Å²) in [6.45, 7) is 5.01. The Morgan fingerprint density at radius 3 is 2.09 bits per heavy atom. The van der Waals surface area contributed by atoms with Gasteiger partial charge in [0.15, 0.2) is 0 Å². The fraction of sp³-hybridized carbons (Fsp3) is 0.370. The summed E-state index contributed by atoms with van der Waals surface area (Å²) in [7, 11) is 0. The summed E-state index contributed by atoms with van der Waals surface area (Å²) in [6.07, 6.45) is 4.38. The van der Waals surface area contributed by atoms with E-state index in [1.54, 1.807) is 6.07 Å². The van der Waals surface area contributed by atoms with Crippen molar-refractivity contribution in [2.75, 3.05) is 26.2 Å². The van der Waals surface area contributed by atoms with E-state index in [0.29, 0.717) is 13.1 Å². The Morgan fingerprint density at radius 2 is 1.55 bits per heavy atom. The number of carbonyl (C=O) groups is 1. The molecule has 6 nitrogen and oxygen atoms in total. The largest absolute Gasteiger partial charge is 0.339 e. The second-order valence-electron chi connectivity index (χ2n) is 8.59. The summed E-state index contributed by atoms with van der Waals surface area (Å²) >= 11 is 0. The molecular weight excluding hydrogens is 412 g/mol. The Balaban J connectivity index is 1.40. The van der Waals surface area contributed by atoms with Crippen molar-refractivity contribution in [1.29, 1.82) is 0 Å². The molecule has 0 aliphatic carbocycles. The first-order chi connectivity index (χ1) is 16.2. The van der Waals surface area contributed by atoms with Crippen molar-refractivity contribution in [2.45, 2.75) is 38.8 Å². The van der Waals surface area contributed by atoms with E-state index in [-0.39, 0.29) is 24.1 Å². The van der Waals surface area contributed by atoms with Gasteiger partial charge >= 0.3 is 0 Å². The van der Waals surface area contributed by atoms with E-state index >= 15 is 0 Å². The highest BCUT2D eigenvalue weighted by molar-refractivity contribution is 5.76. The molecule has 33 heavy (non-hydrogen) atoms. The number of aryl methyl sites for hydroxylation is 1. The van der Waals surface area contributed by atoms with E-state index in [9.17, 15) is 9.59 Å². The first-order valence-electron chi connectivity index (χ1n) is 11.8. The molecule has 0 spiro atoms. The number of benzene rings is 2. The van der Waals surface area contributed by atoms with Crippen molar-refractivity contribution in [1.82, 2.24) is 19.4 Å². The third-order valence-corrected chi connectivity index (χ3v) is 6.29. The minimum absolute atomic E-state index is 0.0316.